The van der Waals surface area contributed by atoms with Gasteiger partial charge in [0.1, 0.15) is 5.82 Å². The fourth-order valence-corrected chi connectivity index (χ4v) is 7.13. The van der Waals surface area contributed by atoms with Gasteiger partial charge in [-0.05, 0) is 68.0 Å². The Morgan fingerprint density at radius 2 is 1.48 bits per heavy atom. The number of amides is 2. The Bertz CT molecular complexity index is 1520. The third-order valence-corrected chi connectivity index (χ3v) is 9.84. The number of rotatable bonds is 6. The maximum Gasteiger partial charge on any atom is 0.430 e. The zero-order valence-corrected chi connectivity index (χ0v) is 27.4. The molecule has 2 aliphatic heterocycles. The lowest BCUT2D eigenvalue weighted by molar-refractivity contribution is -0.376. The van der Waals surface area contributed by atoms with Crippen molar-refractivity contribution in [1.82, 2.24) is 9.80 Å². The minimum Gasteiger partial charge on any atom is -0.369 e. The number of benzene rings is 2. The molecule has 48 heavy (non-hydrogen) atoms. The molecule has 0 spiro atoms. The molecule has 0 atom stereocenters. The first-order valence-corrected chi connectivity index (χ1v) is 16.3. The van der Waals surface area contributed by atoms with Gasteiger partial charge in [0.25, 0.3) is 15.6 Å². The van der Waals surface area contributed by atoms with Gasteiger partial charge in [-0.3, -0.25) is 13.9 Å². The van der Waals surface area contributed by atoms with Crippen molar-refractivity contribution in [2.75, 3.05) is 30.5 Å². The number of nitrogens with zero attached hydrogens (tertiary/aromatic N) is 3. The molecule has 2 aliphatic rings. The molecular weight excluding hydrogens is 671 g/mol. The van der Waals surface area contributed by atoms with Crippen LogP contribution in [0.3, 0.4) is 0 Å². The number of alkyl halides is 6. The summed E-state index contributed by atoms with van der Waals surface area (Å²) in [6, 6.07) is 5.86. The zero-order chi connectivity index (χ0) is 36.7. The second kappa shape index (κ2) is 16.0. The van der Waals surface area contributed by atoms with Crippen LogP contribution in [0.1, 0.15) is 57.6 Å². The third kappa shape index (κ3) is 8.79. The molecule has 2 amide bonds. The SMILES string of the molecule is C#C.CCCN(C(C)=O)C1CCN(C(C)=O)CC1.O=S(=O)(c1ccc(F)cc1)N1CCCc2cc(C(O)(C(F)(F)F)C(F)(F)F)ccc21. The zero-order valence-electron chi connectivity index (χ0n) is 26.6. The Morgan fingerprint density at radius 3 is 1.94 bits per heavy atom. The normalized spacial score (nSPS) is 15.7. The lowest BCUT2D eigenvalue weighted by Gasteiger charge is -2.37. The number of halogens is 7. The van der Waals surface area contributed by atoms with E-state index in [1.165, 1.54) is 0 Å². The molecule has 2 heterocycles. The number of carbonyl (C=O) groups excluding carboxylic acids is 2. The Kier molecular flexibility index (Phi) is 13.5. The van der Waals surface area contributed by atoms with Gasteiger partial charge >= 0.3 is 12.4 Å². The van der Waals surface area contributed by atoms with Crippen LogP contribution in [0, 0.1) is 18.7 Å². The highest BCUT2D eigenvalue weighted by Crippen LogP contribution is 2.51. The summed E-state index contributed by atoms with van der Waals surface area (Å²) in [5, 5.41) is 9.57. The van der Waals surface area contributed by atoms with E-state index in [-0.39, 0.29) is 47.3 Å². The molecule has 1 N–H and O–H groups in total. The summed E-state index contributed by atoms with van der Waals surface area (Å²) < 4.78 is 118. The summed E-state index contributed by atoms with van der Waals surface area (Å²) in [5.74, 6) is -0.386. The maximum absolute atomic E-state index is 13.1. The lowest BCUT2D eigenvalue weighted by Crippen LogP contribution is -2.54. The number of carbonyl (C=O) groups is 2. The second-order valence-corrected chi connectivity index (χ2v) is 13.0. The summed E-state index contributed by atoms with van der Waals surface area (Å²) in [5.41, 5.74) is -6.77. The van der Waals surface area contributed by atoms with Crippen molar-refractivity contribution < 1.29 is 53.8 Å². The van der Waals surface area contributed by atoms with Gasteiger partial charge in [-0.15, -0.1) is 12.8 Å². The van der Waals surface area contributed by atoms with E-state index >= 15 is 0 Å². The molecule has 16 heteroatoms. The molecular formula is C32H38F7N3O5S. The smallest absolute Gasteiger partial charge is 0.369 e. The van der Waals surface area contributed by atoms with Gasteiger partial charge in [-0.1, -0.05) is 19.1 Å². The summed E-state index contributed by atoms with van der Waals surface area (Å²) in [4.78, 5) is 26.2. The molecule has 0 aliphatic carbocycles. The van der Waals surface area contributed by atoms with Crippen molar-refractivity contribution in [2.24, 2.45) is 0 Å². The highest BCUT2D eigenvalue weighted by Gasteiger charge is 2.71. The average molecular weight is 710 g/mol. The third-order valence-electron chi connectivity index (χ3n) is 8.01. The van der Waals surface area contributed by atoms with Gasteiger partial charge in [-0.25, -0.2) is 12.8 Å². The van der Waals surface area contributed by atoms with Crippen molar-refractivity contribution in [3.63, 3.8) is 0 Å². The molecule has 2 aromatic carbocycles. The Balaban J connectivity index is 0.000000376. The van der Waals surface area contributed by atoms with Crippen LogP contribution in [-0.2, 0) is 31.6 Å². The molecule has 4 rings (SSSR count). The summed E-state index contributed by atoms with van der Waals surface area (Å²) in [6.45, 7) is 7.65. The van der Waals surface area contributed by atoms with Gasteiger partial charge in [0.15, 0.2) is 0 Å². The number of hydrogen-bond donors (Lipinski definition) is 1. The summed E-state index contributed by atoms with van der Waals surface area (Å²) in [6.07, 6.45) is -1.15. The van der Waals surface area contributed by atoms with Gasteiger partial charge in [0.05, 0.1) is 10.6 Å². The predicted octanol–water partition coefficient (Wildman–Crippen LogP) is 5.78. The highest BCUT2D eigenvalue weighted by molar-refractivity contribution is 7.92. The Hall–Kier alpha value is -3.84. The Morgan fingerprint density at radius 1 is 0.938 bits per heavy atom. The molecule has 0 saturated carbocycles. The van der Waals surface area contributed by atoms with Crippen LogP contribution in [0.25, 0.3) is 0 Å². The first-order chi connectivity index (χ1) is 22.3. The van der Waals surface area contributed by atoms with E-state index in [0.29, 0.717) is 18.2 Å². The maximum atomic E-state index is 13.1. The molecule has 1 fully saturated rings. The standard InChI is InChI=1S/C18H14F7NO3S.C12H22N2O2.C2H2/c19-13-4-6-14(7-5-13)30(28,29)26-9-1-2-11-10-12(3-8-15(11)26)16(27,17(20,21)22)18(23,24)25;1-4-7-14(11(3)16)12-5-8-13(9-6-12)10(2)15;1-2/h3-8,10,27H,1-2,9H2;12H,4-9H2,1-3H3;1-2H. The molecule has 0 aromatic heterocycles. The van der Waals surface area contributed by atoms with Crippen LogP contribution in [0.4, 0.5) is 36.4 Å². The molecule has 8 nitrogen and oxygen atoms in total. The van der Waals surface area contributed by atoms with E-state index in [0.717, 1.165) is 73.5 Å². The average Bonchev–Trinajstić information content (AvgIpc) is 3.03. The first-order valence-electron chi connectivity index (χ1n) is 14.9. The minimum atomic E-state index is -6.05. The van der Waals surface area contributed by atoms with E-state index in [9.17, 15) is 53.8 Å². The molecule has 1 saturated heterocycles. The number of aryl methyl sites for hydroxylation is 1. The fraction of sp³-hybridized carbons (Fsp3) is 0.500. The van der Waals surface area contributed by atoms with Gasteiger partial charge in [0.2, 0.25) is 11.8 Å². The van der Waals surface area contributed by atoms with Crippen LogP contribution in [-0.4, -0.2) is 79.7 Å². The second-order valence-electron chi connectivity index (χ2n) is 11.1. The molecule has 0 radical (unpaired) electrons. The number of hydrogen-bond acceptors (Lipinski definition) is 5. The topological polar surface area (TPSA) is 98.2 Å². The molecule has 0 bridgehead atoms. The number of terminal acetylenes is 1. The quantitative estimate of drug-likeness (QED) is 0.303. The first kappa shape index (κ1) is 40.3. The lowest BCUT2D eigenvalue weighted by atomic mass is 9.89. The number of likely N-dealkylation sites (tertiary alicyclic amines) is 1. The van der Waals surface area contributed by atoms with E-state index in [1.807, 2.05) is 9.80 Å². The van der Waals surface area contributed by atoms with E-state index in [1.54, 1.807) is 13.8 Å². The number of aliphatic hydroxyl groups is 1. The largest absolute Gasteiger partial charge is 0.430 e. The van der Waals surface area contributed by atoms with Crippen molar-refractivity contribution in [2.45, 2.75) is 81.8 Å². The van der Waals surface area contributed by atoms with Crippen LogP contribution < -0.4 is 4.31 Å². The highest BCUT2D eigenvalue weighted by atomic mass is 32.2. The van der Waals surface area contributed by atoms with Crippen molar-refractivity contribution in [3.05, 3.63) is 59.4 Å². The number of sulfonamides is 1. The van der Waals surface area contributed by atoms with E-state index in [2.05, 4.69) is 19.8 Å². The molecule has 0 unspecified atom stereocenters. The van der Waals surface area contributed by atoms with E-state index < -0.39 is 39.4 Å². The van der Waals surface area contributed by atoms with Crippen LogP contribution in [0.2, 0.25) is 0 Å². The van der Waals surface area contributed by atoms with Gasteiger partial charge in [-0.2, -0.15) is 26.3 Å². The minimum absolute atomic E-state index is 0.00437. The van der Waals surface area contributed by atoms with Gasteiger partial charge < -0.3 is 14.9 Å². The van der Waals surface area contributed by atoms with Crippen molar-refractivity contribution >= 4 is 27.5 Å². The molecule has 2 aromatic rings. The van der Waals surface area contributed by atoms with Crippen LogP contribution in [0.5, 0.6) is 0 Å². The van der Waals surface area contributed by atoms with Crippen LogP contribution in [0.15, 0.2) is 47.4 Å². The monoisotopic (exact) mass is 709 g/mol. The van der Waals surface area contributed by atoms with Crippen LogP contribution >= 0.6 is 0 Å². The van der Waals surface area contributed by atoms with Crippen molar-refractivity contribution in [1.29, 1.82) is 0 Å². The summed E-state index contributed by atoms with van der Waals surface area (Å²) in [7, 11) is -4.24. The number of piperidine rings is 1. The number of fused-ring (bicyclic) bond motifs is 1. The summed E-state index contributed by atoms with van der Waals surface area (Å²) >= 11 is 0. The van der Waals surface area contributed by atoms with E-state index in [4.69, 9.17) is 0 Å². The predicted molar refractivity (Wildman–Crippen MR) is 165 cm³/mol. The molecule has 266 valence electrons. The van der Waals surface area contributed by atoms with Crippen molar-refractivity contribution in [3.8, 4) is 12.8 Å². The Labute approximate surface area is 275 Å². The number of anilines is 1. The fourth-order valence-electron chi connectivity index (χ4n) is 5.59. The van der Waals surface area contributed by atoms with Gasteiger partial charge in [0, 0.05) is 51.6 Å².